The summed E-state index contributed by atoms with van der Waals surface area (Å²) >= 11 is 11.7. The van der Waals surface area contributed by atoms with E-state index in [2.05, 4.69) is 0 Å². The van der Waals surface area contributed by atoms with Crippen molar-refractivity contribution < 1.29 is 14.7 Å². The van der Waals surface area contributed by atoms with Crippen molar-refractivity contribution in [2.45, 2.75) is 25.7 Å². The Bertz CT molecular complexity index is 513. The summed E-state index contributed by atoms with van der Waals surface area (Å²) in [6.45, 7) is 0. The van der Waals surface area contributed by atoms with Crippen molar-refractivity contribution in [3.05, 3.63) is 33.8 Å². The molecule has 102 valence electrons. The summed E-state index contributed by atoms with van der Waals surface area (Å²) in [5, 5.41) is 9.90. The van der Waals surface area contributed by atoms with Crippen LogP contribution in [0.4, 0.5) is 0 Å². The molecule has 19 heavy (non-hydrogen) atoms. The molecule has 1 aromatic rings. The molecule has 5 heteroatoms. The van der Waals surface area contributed by atoms with E-state index < -0.39 is 17.8 Å². The van der Waals surface area contributed by atoms with Crippen LogP contribution in [0.5, 0.6) is 0 Å². The summed E-state index contributed by atoms with van der Waals surface area (Å²) < 4.78 is 0. The molecule has 1 aliphatic rings. The molecule has 2 rings (SSSR count). The molecule has 0 amide bonds. The van der Waals surface area contributed by atoms with Gasteiger partial charge in [0.25, 0.3) is 0 Å². The molecule has 0 aromatic heterocycles. The van der Waals surface area contributed by atoms with Gasteiger partial charge in [-0.05, 0) is 31.0 Å². The molecular weight excluding hydrogens is 287 g/mol. The summed E-state index contributed by atoms with van der Waals surface area (Å²) in [6, 6.07) is 4.68. The lowest BCUT2D eigenvalue weighted by Crippen LogP contribution is -2.32. The summed E-state index contributed by atoms with van der Waals surface area (Å²) in [7, 11) is 0. The lowest BCUT2D eigenvalue weighted by Gasteiger charge is -2.27. The summed E-state index contributed by atoms with van der Waals surface area (Å²) in [5.41, 5.74) is 0.438. The predicted octanol–water partition coefficient (Wildman–Crippen LogP) is 4.07. The first-order valence-electron chi connectivity index (χ1n) is 6.23. The second-order valence-electron chi connectivity index (χ2n) is 4.83. The molecule has 0 radical (unpaired) electrons. The van der Waals surface area contributed by atoms with Gasteiger partial charge in [-0.2, -0.15) is 0 Å². The first-order chi connectivity index (χ1) is 9.00. The van der Waals surface area contributed by atoms with E-state index >= 15 is 0 Å². The SMILES string of the molecule is O=C(c1ccc(Cl)c(Cl)c1)[C@H]1CCCC[C@H]1C(=O)O. The van der Waals surface area contributed by atoms with Crippen LogP contribution in [0.2, 0.25) is 10.0 Å². The predicted molar refractivity (Wildman–Crippen MR) is 73.9 cm³/mol. The average molecular weight is 301 g/mol. The maximum atomic E-state index is 12.4. The molecule has 0 spiro atoms. The van der Waals surface area contributed by atoms with E-state index in [4.69, 9.17) is 23.2 Å². The quantitative estimate of drug-likeness (QED) is 0.856. The monoisotopic (exact) mass is 300 g/mol. The number of benzene rings is 1. The van der Waals surface area contributed by atoms with Crippen LogP contribution in [0.15, 0.2) is 18.2 Å². The molecule has 0 saturated heterocycles. The zero-order valence-corrected chi connectivity index (χ0v) is 11.7. The van der Waals surface area contributed by atoms with Crippen LogP contribution in [0.3, 0.4) is 0 Å². The third-order valence-corrected chi connectivity index (χ3v) is 4.36. The van der Waals surface area contributed by atoms with Gasteiger partial charge >= 0.3 is 5.97 Å². The Hall–Kier alpha value is -1.06. The number of hydrogen-bond donors (Lipinski definition) is 1. The van der Waals surface area contributed by atoms with Crippen LogP contribution in [0.1, 0.15) is 36.0 Å². The standard InChI is InChI=1S/C14H14Cl2O3/c15-11-6-5-8(7-12(11)16)13(17)9-3-1-2-4-10(9)14(18)19/h5-7,9-10H,1-4H2,(H,18,19)/t9-,10+/m0/s1. The Morgan fingerprint density at radius 1 is 1.05 bits per heavy atom. The number of Topliss-reactive ketones (excluding diaryl/α,β-unsaturated/α-hetero) is 1. The first-order valence-corrected chi connectivity index (χ1v) is 6.98. The topological polar surface area (TPSA) is 54.4 Å². The highest BCUT2D eigenvalue weighted by molar-refractivity contribution is 6.42. The highest BCUT2D eigenvalue weighted by atomic mass is 35.5. The number of carboxylic acid groups (broad SMARTS) is 1. The van der Waals surface area contributed by atoms with Gasteiger partial charge in [0.2, 0.25) is 0 Å². The molecule has 0 bridgehead atoms. The highest BCUT2D eigenvalue weighted by Gasteiger charge is 2.36. The summed E-state index contributed by atoms with van der Waals surface area (Å²) in [6.07, 6.45) is 2.94. The van der Waals surface area contributed by atoms with Crippen molar-refractivity contribution >= 4 is 35.0 Å². The Labute approximate surface area is 121 Å². The number of rotatable bonds is 3. The third-order valence-electron chi connectivity index (χ3n) is 3.62. The van der Waals surface area contributed by atoms with Crippen LogP contribution in [-0.4, -0.2) is 16.9 Å². The molecule has 1 aliphatic carbocycles. The van der Waals surface area contributed by atoms with Crippen LogP contribution in [0.25, 0.3) is 0 Å². The lowest BCUT2D eigenvalue weighted by atomic mass is 9.75. The zero-order valence-electron chi connectivity index (χ0n) is 10.2. The van der Waals surface area contributed by atoms with E-state index in [0.29, 0.717) is 28.5 Å². The maximum Gasteiger partial charge on any atom is 0.307 e. The Morgan fingerprint density at radius 2 is 1.68 bits per heavy atom. The minimum atomic E-state index is -0.891. The van der Waals surface area contributed by atoms with E-state index in [-0.39, 0.29) is 5.78 Å². The smallest absolute Gasteiger partial charge is 0.307 e. The minimum absolute atomic E-state index is 0.148. The number of carbonyl (C=O) groups excluding carboxylic acids is 1. The number of ketones is 1. The van der Waals surface area contributed by atoms with Gasteiger partial charge in [-0.25, -0.2) is 0 Å². The summed E-state index contributed by atoms with van der Waals surface area (Å²) in [5.74, 6) is -2.08. The fourth-order valence-corrected chi connectivity index (χ4v) is 2.90. The third kappa shape index (κ3) is 3.10. The number of carboxylic acids is 1. The van der Waals surface area contributed by atoms with Crippen molar-refractivity contribution in [2.24, 2.45) is 11.8 Å². The normalized spacial score (nSPS) is 23.1. The zero-order chi connectivity index (χ0) is 14.0. The lowest BCUT2D eigenvalue weighted by molar-refractivity contribution is -0.144. The average Bonchev–Trinajstić information content (AvgIpc) is 2.41. The number of halogens is 2. The molecule has 3 nitrogen and oxygen atoms in total. The Morgan fingerprint density at radius 3 is 2.26 bits per heavy atom. The largest absolute Gasteiger partial charge is 0.481 e. The molecular formula is C14H14Cl2O3. The fourth-order valence-electron chi connectivity index (χ4n) is 2.60. The van der Waals surface area contributed by atoms with E-state index in [0.717, 1.165) is 12.8 Å². The highest BCUT2D eigenvalue weighted by Crippen LogP contribution is 2.34. The second kappa shape index (κ2) is 5.93. The van der Waals surface area contributed by atoms with E-state index in [1.807, 2.05) is 0 Å². The second-order valence-corrected chi connectivity index (χ2v) is 5.64. The first kappa shape index (κ1) is 14.4. The van der Waals surface area contributed by atoms with Crippen molar-refractivity contribution in [1.29, 1.82) is 0 Å². The van der Waals surface area contributed by atoms with Crippen LogP contribution in [-0.2, 0) is 4.79 Å². The van der Waals surface area contributed by atoms with Gasteiger partial charge < -0.3 is 5.11 Å². The Balaban J connectivity index is 2.26. The van der Waals surface area contributed by atoms with Gasteiger partial charge in [0.05, 0.1) is 16.0 Å². The van der Waals surface area contributed by atoms with E-state index in [1.54, 1.807) is 12.1 Å². The summed E-state index contributed by atoms with van der Waals surface area (Å²) in [4.78, 5) is 23.6. The number of aliphatic carboxylic acids is 1. The molecule has 1 saturated carbocycles. The molecule has 0 unspecified atom stereocenters. The molecule has 0 heterocycles. The van der Waals surface area contributed by atoms with Crippen molar-refractivity contribution in [1.82, 2.24) is 0 Å². The van der Waals surface area contributed by atoms with Crippen molar-refractivity contribution in [3.8, 4) is 0 Å². The maximum absolute atomic E-state index is 12.4. The van der Waals surface area contributed by atoms with Gasteiger partial charge in [-0.1, -0.05) is 36.0 Å². The number of hydrogen-bond acceptors (Lipinski definition) is 2. The van der Waals surface area contributed by atoms with Gasteiger partial charge in [-0.3, -0.25) is 9.59 Å². The Kier molecular flexibility index (Phi) is 4.48. The minimum Gasteiger partial charge on any atom is -0.481 e. The van der Waals surface area contributed by atoms with Crippen molar-refractivity contribution in [2.75, 3.05) is 0 Å². The van der Waals surface area contributed by atoms with Gasteiger partial charge in [-0.15, -0.1) is 0 Å². The number of carbonyl (C=O) groups is 2. The molecule has 1 fully saturated rings. The molecule has 1 aromatic carbocycles. The van der Waals surface area contributed by atoms with Gasteiger partial charge in [0.15, 0.2) is 5.78 Å². The van der Waals surface area contributed by atoms with Gasteiger partial charge in [0.1, 0.15) is 0 Å². The van der Waals surface area contributed by atoms with Crippen molar-refractivity contribution in [3.63, 3.8) is 0 Å². The van der Waals surface area contributed by atoms with E-state index in [1.165, 1.54) is 6.07 Å². The van der Waals surface area contributed by atoms with E-state index in [9.17, 15) is 14.7 Å². The van der Waals surface area contributed by atoms with Gasteiger partial charge in [0, 0.05) is 11.5 Å². The molecule has 1 N–H and O–H groups in total. The van der Waals surface area contributed by atoms with Crippen LogP contribution >= 0.6 is 23.2 Å². The van der Waals surface area contributed by atoms with Crippen LogP contribution in [0, 0.1) is 11.8 Å². The van der Waals surface area contributed by atoms with Crippen LogP contribution < -0.4 is 0 Å². The molecule has 2 atom stereocenters. The fraction of sp³-hybridized carbons (Fsp3) is 0.429. The molecule has 0 aliphatic heterocycles.